The fraction of sp³-hybridized carbons (Fsp3) is 0. The van der Waals surface area contributed by atoms with Gasteiger partial charge in [-0.1, -0.05) is 60.6 Å². The molecule has 3 heteroatoms. The Balaban J connectivity index is 1.81. The highest BCUT2D eigenvalue weighted by atomic mass is 16.1. The van der Waals surface area contributed by atoms with Gasteiger partial charge in [0.15, 0.2) is 5.78 Å². The van der Waals surface area contributed by atoms with E-state index in [9.17, 15) is 4.79 Å². The summed E-state index contributed by atoms with van der Waals surface area (Å²) in [6.07, 6.45) is 11.8. The second-order valence-corrected chi connectivity index (χ2v) is 5.44. The Morgan fingerprint density at radius 2 is 1.73 bits per heavy atom. The number of benzene rings is 2. The lowest BCUT2D eigenvalue weighted by atomic mass is 9.50. The molecule has 0 N–H and O–H groups in total. The number of Topliss-reactive ketones (excluding diaryl/α,β-unsaturated/α-hetero) is 1. The Kier molecular flexibility index (Phi) is 3.04. The van der Waals surface area contributed by atoms with Gasteiger partial charge in [0, 0.05) is 5.56 Å². The van der Waals surface area contributed by atoms with Crippen molar-refractivity contribution in [2.45, 2.75) is 0 Å². The van der Waals surface area contributed by atoms with E-state index < -0.39 is 0 Å². The number of allylic oxidation sites excluding steroid dienone is 5. The van der Waals surface area contributed by atoms with Gasteiger partial charge in [0.2, 0.25) is 0 Å². The SMILES string of the molecule is O=C(C1=CC=CN2C=CC=CB12)c1cccc2ccccc12. The van der Waals surface area contributed by atoms with E-state index in [-0.39, 0.29) is 12.6 Å². The third-order valence-electron chi connectivity index (χ3n) is 4.13. The van der Waals surface area contributed by atoms with Crippen LogP contribution in [0.4, 0.5) is 0 Å². The molecular formula is C19H14BNO. The van der Waals surface area contributed by atoms with E-state index in [0.717, 1.165) is 21.8 Å². The molecule has 0 fully saturated rings. The summed E-state index contributed by atoms with van der Waals surface area (Å²) in [5.41, 5.74) is 1.57. The monoisotopic (exact) mass is 283 g/mol. The lowest BCUT2D eigenvalue weighted by Crippen LogP contribution is -2.37. The van der Waals surface area contributed by atoms with Gasteiger partial charge in [0.25, 0.3) is 0 Å². The van der Waals surface area contributed by atoms with Gasteiger partial charge in [-0.3, -0.25) is 4.79 Å². The Morgan fingerprint density at radius 3 is 2.68 bits per heavy atom. The molecule has 2 nitrogen and oxygen atoms in total. The molecule has 104 valence electrons. The van der Waals surface area contributed by atoms with Crippen molar-refractivity contribution in [2.24, 2.45) is 0 Å². The maximum absolute atomic E-state index is 13.1. The van der Waals surface area contributed by atoms with E-state index in [4.69, 9.17) is 0 Å². The third-order valence-corrected chi connectivity index (χ3v) is 4.13. The minimum atomic E-state index is -0.0125. The highest BCUT2D eigenvalue weighted by Crippen LogP contribution is 2.25. The van der Waals surface area contributed by atoms with Crippen LogP contribution in [-0.2, 0) is 0 Å². The first kappa shape index (κ1) is 12.9. The fourth-order valence-electron chi connectivity index (χ4n) is 3.05. The molecular weight excluding hydrogens is 269 g/mol. The first-order chi connectivity index (χ1) is 10.8. The average Bonchev–Trinajstić information content (AvgIpc) is 2.60. The van der Waals surface area contributed by atoms with Crippen molar-refractivity contribution < 1.29 is 4.79 Å². The van der Waals surface area contributed by atoms with Crippen LogP contribution in [0.1, 0.15) is 10.4 Å². The minimum absolute atomic E-state index is 0.0125. The molecule has 22 heavy (non-hydrogen) atoms. The Labute approximate surface area is 129 Å². The highest BCUT2D eigenvalue weighted by Gasteiger charge is 2.30. The average molecular weight is 283 g/mol. The van der Waals surface area contributed by atoms with E-state index in [1.165, 1.54) is 0 Å². The van der Waals surface area contributed by atoms with Crippen LogP contribution in [0.25, 0.3) is 10.8 Å². The summed E-state index contributed by atoms with van der Waals surface area (Å²) in [6.45, 7) is -0.0125. The minimum Gasteiger partial charge on any atom is -0.389 e. The summed E-state index contributed by atoms with van der Waals surface area (Å²) in [5.74, 6) is 2.15. The van der Waals surface area contributed by atoms with Gasteiger partial charge < -0.3 is 4.81 Å². The number of hydrogen-bond acceptors (Lipinski definition) is 2. The number of rotatable bonds is 2. The first-order valence-electron chi connectivity index (χ1n) is 7.38. The van der Waals surface area contributed by atoms with Crippen LogP contribution >= 0.6 is 0 Å². The normalized spacial score (nSPS) is 15.9. The summed E-state index contributed by atoms with van der Waals surface area (Å²) in [5, 5.41) is 2.10. The zero-order chi connectivity index (χ0) is 14.9. The maximum Gasteiger partial charge on any atom is 0.323 e. The molecule has 0 unspecified atom stereocenters. The van der Waals surface area contributed by atoms with Crippen LogP contribution < -0.4 is 0 Å². The Bertz CT molecular complexity index is 871. The van der Waals surface area contributed by atoms with Gasteiger partial charge in [-0.25, -0.2) is 0 Å². The molecule has 0 saturated heterocycles. The summed E-state index contributed by atoms with van der Waals surface area (Å²) in [4.78, 5) is 15.1. The second kappa shape index (κ2) is 5.19. The van der Waals surface area contributed by atoms with Gasteiger partial charge in [0.05, 0.1) is 0 Å². The van der Waals surface area contributed by atoms with E-state index >= 15 is 0 Å². The fourth-order valence-corrected chi connectivity index (χ4v) is 3.05. The zero-order valence-electron chi connectivity index (χ0n) is 12.0. The third kappa shape index (κ3) is 2.02. The largest absolute Gasteiger partial charge is 0.389 e. The van der Waals surface area contributed by atoms with Crippen molar-refractivity contribution in [3.8, 4) is 0 Å². The van der Waals surface area contributed by atoms with Crippen molar-refractivity contribution in [1.29, 1.82) is 0 Å². The summed E-state index contributed by atoms with van der Waals surface area (Å²) in [7, 11) is 0. The summed E-state index contributed by atoms with van der Waals surface area (Å²) < 4.78 is 0. The molecule has 4 rings (SSSR count). The van der Waals surface area contributed by atoms with E-state index in [2.05, 4.69) is 10.8 Å². The van der Waals surface area contributed by atoms with Gasteiger partial charge in [-0.05, 0) is 40.8 Å². The van der Waals surface area contributed by atoms with Crippen molar-refractivity contribution in [1.82, 2.24) is 4.81 Å². The molecule has 2 aliphatic heterocycles. The van der Waals surface area contributed by atoms with Gasteiger partial charge >= 0.3 is 6.85 Å². The summed E-state index contributed by atoms with van der Waals surface area (Å²) >= 11 is 0. The Morgan fingerprint density at radius 1 is 0.909 bits per heavy atom. The predicted octanol–water partition coefficient (Wildman–Crippen LogP) is 3.93. The van der Waals surface area contributed by atoms with Crippen LogP contribution in [0.5, 0.6) is 0 Å². The molecule has 2 aliphatic rings. The van der Waals surface area contributed by atoms with E-state index in [0.29, 0.717) is 0 Å². The molecule has 2 aromatic rings. The Hall–Kier alpha value is -2.81. The van der Waals surface area contributed by atoms with Crippen LogP contribution in [0.15, 0.2) is 90.6 Å². The van der Waals surface area contributed by atoms with Crippen molar-refractivity contribution in [3.05, 3.63) is 96.2 Å². The van der Waals surface area contributed by atoms with Crippen LogP contribution in [0.2, 0.25) is 0 Å². The topological polar surface area (TPSA) is 20.3 Å². The van der Waals surface area contributed by atoms with Crippen LogP contribution in [0.3, 0.4) is 0 Å². The lowest BCUT2D eigenvalue weighted by Gasteiger charge is -2.28. The predicted molar refractivity (Wildman–Crippen MR) is 91.4 cm³/mol. The molecule has 0 spiro atoms. The summed E-state index contributed by atoms with van der Waals surface area (Å²) in [6, 6.07) is 13.9. The molecule has 0 amide bonds. The standard InChI is InChI=1S/C19H14BNO/c22-19(17-10-5-8-15-7-1-2-9-16(15)17)18-11-6-14-21-13-4-3-12-20(18)21/h1-14H. The second-order valence-electron chi connectivity index (χ2n) is 5.44. The van der Waals surface area contributed by atoms with E-state index in [1.54, 1.807) is 0 Å². The van der Waals surface area contributed by atoms with Crippen LogP contribution in [0, 0.1) is 0 Å². The molecule has 0 bridgehead atoms. The zero-order valence-corrected chi connectivity index (χ0v) is 12.0. The van der Waals surface area contributed by atoms with Crippen molar-refractivity contribution in [2.75, 3.05) is 0 Å². The lowest BCUT2D eigenvalue weighted by molar-refractivity contribution is 0.104. The highest BCUT2D eigenvalue weighted by molar-refractivity contribution is 6.76. The molecule has 2 aromatic carbocycles. The van der Waals surface area contributed by atoms with Crippen LogP contribution in [-0.4, -0.2) is 17.4 Å². The smallest absolute Gasteiger partial charge is 0.323 e. The van der Waals surface area contributed by atoms with Gasteiger partial charge in [-0.15, -0.1) is 0 Å². The quantitative estimate of drug-likeness (QED) is 0.614. The number of carbonyl (C=O) groups is 1. The van der Waals surface area contributed by atoms with E-state index in [1.807, 2.05) is 79.2 Å². The molecule has 2 heterocycles. The van der Waals surface area contributed by atoms with Crippen molar-refractivity contribution >= 4 is 23.4 Å². The van der Waals surface area contributed by atoms with Gasteiger partial charge in [0.1, 0.15) is 0 Å². The van der Waals surface area contributed by atoms with Crippen molar-refractivity contribution in [3.63, 3.8) is 0 Å². The number of ketones is 1. The first-order valence-corrected chi connectivity index (χ1v) is 7.38. The van der Waals surface area contributed by atoms with Gasteiger partial charge in [-0.2, -0.15) is 0 Å². The molecule has 0 saturated carbocycles. The number of hydrogen-bond donors (Lipinski definition) is 0. The molecule has 0 atom stereocenters. The maximum atomic E-state index is 13.1. The molecule has 0 aromatic heterocycles. The number of fused-ring (bicyclic) bond motifs is 2. The number of nitrogens with zero attached hydrogens (tertiary/aromatic N) is 1. The number of carbonyl (C=O) groups excluding carboxylic acids is 1. The molecule has 0 radical (unpaired) electrons. The molecule has 0 aliphatic carbocycles.